The number of rotatable bonds is 5. The molecular formula is C19H25F2NO3Si. The molecule has 0 heterocycles. The molecule has 0 radical (unpaired) electrons. The molecule has 142 valence electrons. The number of benzene rings is 1. The van der Waals surface area contributed by atoms with Crippen molar-refractivity contribution in [3.8, 4) is 11.5 Å². The number of hydrogen-bond donors (Lipinski definition) is 2. The first-order chi connectivity index (χ1) is 11.8. The molecule has 0 unspecified atom stereocenters. The van der Waals surface area contributed by atoms with Crippen LogP contribution in [0.2, 0.25) is 18.1 Å². The summed E-state index contributed by atoms with van der Waals surface area (Å²) >= 11 is 0. The number of carbonyl (C=O) groups excluding carboxylic acids is 1. The van der Waals surface area contributed by atoms with Gasteiger partial charge in [-0.1, -0.05) is 39.9 Å². The van der Waals surface area contributed by atoms with Crippen LogP contribution in [0.5, 0.6) is 0 Å². The monoisotopic (exact) mass is 381 g/mol. The number of aliphatic carboxylic acids is 1. The van der Waals surface area contributed by atoms with Gasteiger partial charge in [-0.3, -0.25) is 4.79 Å². The fourth-order valence-corrected chi connectivity index (χ4v) is 2.76. The van der Waals surface area contributed by atoms with Crippen LogP contribution in [0.4, 0.5) is 8.78 Å². The molecule has 1 amide bonds. The molecule has 0 aliphatic carbocycles. The molecular weight excluding hydrogens is 356 g/mol. The molecule has 1 aromatic rings. The van der Waals surface area contributed by atoms with Crippen LogP contribution in [0.3, 0.4) is 0 Å². The van der Waals surface area contributed by atoms with Gasteiger partial charge >= 0.3 is 5.97 Å². The number of carboxylic acids is 1. The lowest BCUT2D eigenvalue weighted by atomic mass is 10.1. The fraction of sp³-hybridized carbons (Fsp3) is 0.474. The molecule has 2 N–H and O–H groups in total. The van der Waals surface area contributed by atoms with Crippen LogP contribution in [-0.4, -0.2) is 31.1 Å². The molecule has 1 atom stereocenters. The van der Waals surface area contributed by atoms with Gasteiger partial charge in [-0.05, 0) is 22.7 Å². The van der Waals surface area contributed by atoms with Crippen LogP contribution >= 0.6 is 0 Å². The molecule has 0 bridgehead atoms. The van der Waals surface area contributed by atoms with E-state index in [4.69, 9.17) is 0 Å². The Labute approximate surface area is 154 Å². The Morgan fingerprint density at radius 1 is 1.23 bits per heavy atom. The Morgan fingerprint density at radius 3 is 2.35 bits per heavy atom. The van der Waals surface area contributed by atoms with Crippen molar-refractivity contribution in [2.45, 2.75) is 57.8 Å². The molecule has 0 aliphatic heterocycles. The van der Waals surface area contributed by atoms with E-state index < -0.39 is 37.6 Å². The van der Waals surface area contributed by atoms with Crippen molar-refractivity contribution in [2.75, 3.05) is 0 Å². The van der Waals surface area contributed by atoms with Crippen LogP contribution in [0, 0.1) is 23.1 Å². The van der Waals surface area contributed by atoms with E-state index in [0.717, 1.165) is 12.1 Å². The van der Waals surface area contributed by atoms with Crippen molar-refractivity contribution in [3.05, 3.63) is 35.4 Å². The van der Waals surface area contributed by atoms with Gasteiger partial charge in [-0.2, -0.15) is 0 Å². The van der Waals surface area contributed by atoms with Gasteiger partial charge in [0.15, 0.2) is 11.6 Å². The van der Waals surface area contributed by atoms with Crippen LogP contribution in [-0.2, 0) is 16.0 Å². The van der Waals surface area contributed by atoms with E-state index in [9.17, 15) is 23.5 Å². The Hall–Kier alpha value is -2.20. The van der Waals surface area contributed by atoms with E-state index in [1.165, 1.54) is 6.07 Å². The van der Waals surface area contributed by atoms with Crippen LogP contribution in [0.15, 0.2) is 18.2 Å². The van der Waals surface area contributed by atoms with Crippen molar-refractivity contribution in [2.24, 2.45) is 0 Å². The van der Waals surface area contributed by atoms with Gasteiger partial charge in [-0.25, -0.2) is 13.6 Å². The maximum absolute atomic E-state index is 13.2. The van der Waals surface area contributed by atoms with Crippen molar-refractivity contribution in [3.63, 3.8) is 0 Å². The number of halogens is 2. The van der Waals surface area contributed by atoms with E-state index in [1.54, 1.807) is 0 Å². The summed E-state index contributed by atoms with van der Waals surface area (Å²) in [5, 5.41) is 11.7. The molecule has 0 aliphatic rings. The standard InChI is InChI=1S/C19H25F2NO3Si/c1-19(2,3)26(4,5)10-6-7-16(18(24)25)22-17(23)12-13-8-9-14(20)15(21)11-13/h8-9,11,16H,7,12H2,1-5H3,(H,22,23)(H,24,25)/t16-/m0/s1. The van der Waals surface area contributed by atoms with Crippen LogP contribution in [0.1, 0.15) is 32.8 Å². The minimum absolute atomic E-state index is 0.00857. The third-order valence-corrected chi connectivity index (χ3v) is 9.12. The number of hydrogen-bond acceptors (Lipinski definition) is 2. The zero-order chi connectivity index (χ0) is 20.1. The van der Waals surface area contributed by atoms with Gasteiger partial charge < -0.3 is 10.4 Å². The number of carboxylic acid groups (broad SMARTS) is 1. The Bertz CT molecular complexity index is 745. The number of amides is 1. The molecule has 26 heavy (non-hydrogen) atoms. The van der Waals surface area contributed by atoms with Crippen molar-refractivity contribution in [1.82, 2.24) is 5.32 Å². The number of nitrogens with one attached hydrogen (secondary N) is 1. The summed E-state index contributed by atoms with van der Waals surface area (Å²) in [5.41, 5.74) is 3.47. The van der Waals surface area contributed by atoms with Crippen LogP contribution in [0.25, 0.3) is 0 Å². The lowest BCUT2D eigenvalue weighted by molar-refractivity contribution is -0.141. The zero-order valence-corrected chi connectivity index (χ0v) is 16.7. The highest BCUT2D eigenvalue weighted by Gasteiger charge is 2.33. The maximum Gasteiger partial charge on any atom is 0.327 e. The largest absolute Gasteiger partial charge is 0.480 e. The SMILES string of the molecule is CC(C)(C)[Si](C)(C)C#CC[C@H](NC(=O)Cc1ccc(F)c(F)c1)C(=O)O. The average Bonchev–Trinajstić information content (AvgIpc) is 2.48. The van der Waals surface area contributed by atoms with Gasteiger partial charge in [0.2, 0.25) is 5.91 Å². The van der Waals surface area contributed by atoms with Crippen molar-refractivity contribution >= 4 is 20.0 Å². The van der Waals surface area contributed by atoms with Gasteiger partial charge in [0.05, 0.1) is 6.42 Å². The topological polar surface area (TPSA) is 66.4 Å². The smallest absolute Gasteiger partial charge is 0.327 e. The second kappa shape index (κ2) is 8.45. The van der Waals surface area contributed by atoms with Gasteiger partial charge in [0.25, 0.3) is 0 Å². The summed E-state index contributed by atoms with van der Waals surface area (Å²) in [7, 11) is -1.86. The van der Waals surface area contributed by atoms with Gasteiger partial charge in [0.1, 0.15) is 14.1 Å². The second-order valence-corrected chi connectivity index (χ2v) is 12.8. The highest BCUT2D eigenvalue weighted by Crippen LogP contribution is 2.35. The molecule has 4 nitrogen and oxygen atoms in total. The third kappa shape index (κ3) is 6.26. The predicted octanol–water partition coefficient (Wildman–Crippen LogP) is 3.52. The first kappa shape index (κ1) is 21.8. The normalized spacial score (nSPS) is 12.7. The summed E-state index contributed by atoms with van der Waals surface area (Å²) in [5.74, 6) is -0.919. The predicted molar refractivity (Wildman–Crippen MR) is 99.2 cm³/mol. The summed E-state index contributed by atoms with van der Waals surface area (Å²) in [6, 6.07) is 1.98. The third-order valence-electron chi connectivity index (χ3n) is 4.56. The average molecular weight is 381 g/mol. The first-order valence-corrected chi connectivity index (χ1v) is 11.3. The highest BCUT2D eigenvalue weighted by molar-refractivity contribution is 6.87. The molecule has 0 aromatic heterocycles. The minimum Gasteiger partial charge on any atom is -0.480 e. The van der Waals surface area contributed by atoms with Crippen molar-refractivity contribution < 1.29 is 23.5 Å². The van der Waals surface area contributed by atoms with E-state index >= 15 is 0 Å². The van der Waals surface area contributed by atoms with Crippen LogP contribution < -0.4 is 5.32 Å². The van der Waals surface area contributed by atoms with Crippen molar-refractivity contribution in [1.29, 1.82) is 0 Å². The summed E-state index contributed by atoms with van der Waals surface area (Å²) in [6.07, 6.45) is -0.248. The zero-order valence-electron chi connectivity index (χ0n) is 15.7. The molecule has 1 aromatic carbocycles. The summed E-state index contributed by atoms with van der Waals surface area (Å²) < 4.78 is 26.1. The first-order valence-electron chi connectivity index (χ1n) is 8.29. The summed E-state index contributed by atoms with van der Waals surface area (Å²) in [6.45, 7) is 10.5. The molecule has 0 saturated heterocycles. The minimum atomic E-state index is -1.86. The maximum atomic E-state index is 13.2. The lowest BCUT2D eigenvalue weighted by Gasteiger charge is -2.31. The summed E-state index contributed by atoms with van der Waals surface area (Å²) in [4.78, 5) is 23.4. The lowest BCUT2D eigenvalue weighted by Crippen LogP contribution is -2.41. The molecule has 0 spiro atoms. The van der Waals surface area contributed by atoms with E-state index in [1.807, 2.05) is 0 Å². The Kier molecular flexibility index (Phi) is 7.10. The van der Waals surface area contributed by atoms with E-state index in [-0.39, 0.29) is 23.4 Å². The molecule has 0 saturated carbocycles. The molecule has 0 fully saturated rings. The fourth-order valence-electron chi connectivity index (χ4n) is 1.84. The Balaban J connectivity index is 2.75. The highest BCUT2D eigenvalue weighted by atomic mass is 28.3. The molecule has 1 rings (SSSR count). The number of carbonyl (C=O) groups is 2. The van der Waals surface area contributed by atoms with Gasteiger partial charge in [0, 0.05) is 6.42 Å². The Morgan fingerprint density at radius 2 is 1.85 bits per heavy atom. The van der Waals surface area contributed by atoms with E-state index in [0.29, 0.717) is 0 Å². The quantitative estimate of drug-likeness (QED) is 0.606. The van der Waals surface area contributed by atoms with E-state index in [2.05, 4.69) is 50.6 Å². The van der Waals surface area contributed by atoms with Gasteiger partial charge in [-0.15, -0.1) is 11.5 Å². The molecule has 7 heteroatoms. The second-order valence-electron chi connectivity index (χ2n) is 7.76.